The summed E-state index contributed by atoms with van der Waals surface area (Å²) in [6.07, 6.45) is 0.889. The van der Waals surface area contributed by atoms with E-state index in [0.29, 0.717) is 18.4 Å². The highest BCUT2D eigenvalue weighted by Gasteiger charge is 2.43. The Balaban J connectivity index is 2.00. The number of amides is 1. The van der Waals surface area contributed by atoms with E-state index >= 15 is 0 Å². The van der Waals surface area contributed by atoms with Crippen LogP contribution in [0.15, 0.2) is 4.42 Å². The molecule has 0 radical (unpaired) electrons. The molecule has 1 amide bonds. The van der Waals surface area contributed by atoms with Gasteiger partial charge in [-0.1, -0.05) is 13.8 Å². The highest BCUT2D eigenvalue weighted by molar-refractivity contribution is 5.83. The maximum atomic E-state index is 12.5. The van der Waals surface area contributed by atoms with Gasteiger partial charge in [-0.25, -0.2) is 4.98 Å². The minimum Gasteiger partial charge on any atom is -0.444 e. The number of nitrogens with one attached hydrogen (secondary N) is 2. The van der Waals surface area contributed by atoms with Gasteiger partial charge in [0.05, 0.1) is 17.7 Å². The molecule has 1 aliphatic rings. The summed E-state index contributed by atoms with van der Waals surface area (Å²) in [7, 11) is 0. The first-order chi connectivity index (χ1) is 8.95. The fourth-order valence-electron chi connectivity index (χ4n) is 2.61. The van der Waals surface area contributed by atoms with Gasteiger partial charge in [0.1, 0.15) is 5.76 Å². The number of carbonyl (C=O) groups excluding carboxylic acids is 1. The second-order valence-electron chi connectivity index (χ2n) is 5.67. The van der Waals surface area contributed by atoms with Crippen LogP contribution in [-0.2, 0) is 11.3 Å². The molecule has 5 heteroatoms. The van der Waals surface area contributed by atoms with Gasteiger partial charge < -0.3 is 15.1 Å². The molecule has 0 bridgehead atoms. The Labute approximate surface area is 114 Å². The molecular weight excluding hydrogens is 242 g/mol. The van der Waals surface area contributed by atoms with Gasteiger partial charge in [-0.3, -0.25) is 4.79 Å². The lowest BCUT2D eigenvalue weighted by atomic mass is 9.75. The molecule has 106 valence electrons. The lowest BCUT2D eigenvalue weighted by Crippen LogP contribution is -2.45. The van der Waals surface area contributed by atoms with Crippen molar-refractivity contribution < 1.29 is 9.21 Å². The average molecular weight is 265 g/mol. The van der Waals surface area contributed by atoms with Crippen LogP contribution in [-0.4, -0.2) is 24.0 Å². The molecule has 0 aliphatic carbocycles. The Kier molecular flexibility index (Phi) is 3.94. The van der Waals surface area contributed by atoms with Crippen molar-refractivity contribution in [3.05, 3.63) is 17.3 Å². The number of carbonyl (C=O) groups is 1. The zero-order valence-corrected chi connectivity index (χ0v) is 12.2. The zero-order valence-electron chi connectivity index (χ0n) is 12.2. The summed E-state index contributed by atoms with van der Waals surface area (Å²) in [5.74, 6) is 1.80. The van der Waals surface area contributed by atoms with Crippen LogP contribution in [0.2, 0.25) is 0 Å². The lowest BCUT2D eigenvalue weighted by Gasteiger charge is -2.30. The van der Waals surface area contributed by atoms with E-state index in [-0.39, 0.29) is 11.3 Å². The van der Waals surface area contributed by atoms with Crippen molar-refractivity contribution >= 4 is 5.91 Å². The number of hydrogen-bond acceptors (Lipinski definition) is 4. The number of hydrogen-bond donors (Lipinski definition) is 2. The third kappa shape index (κ3) is 2.66. The fraction of sp³-hybridized carbons (Fsp3) is 0.714. The second kappa shape index (κ2) is 5.33. The topological polar surface area (TPSA) is 67.2 Å². The van der Waals surface area contributed by atoms with E-state index < -0.39 is 0 Å². The van der Waals surface area contributed by atoms with Gasteiger partial charge in [-0.2, -0.15) is 0 Å². The highest BCUT2D eigenvalue weighted by atomic mass is 16.4. The summed E-state index contributed by atoms with van der Waals surface area (Å²) in [5.41, 5.74) is 0.585. The van der Waals surface area contributed by atoms with E-state index in [1.54, 1.807) is 0 Å². The van der Waals surface area contributed by atoms with E-state index in [9.17, 15) is 4.79 Å². The van der Waals surface area contributed by atoms with Crippen molar-refractivity contribution in [3.63, 3.8) is 0 Å². The molecule has 1 saturated heterocycles. The van der Waals surface area contributed by atoms with Crippen LogP contribution in [0, 0.1) is 25.2 Å². The molecule has 1 aliphatic heterocycles. The summed E-state index contributed by atoms with van der Waals surface area (Å²) in [6, 6.07) is 0. The predicted octanol–water partition coefficient (Wildman–Crippen LogP) is 1.54. The van der Waals surface area contributed by atoms with Crippen LogP contribution in [0.3, 0.4) is 0 Å². The largest absolute Gasteiger partial charge is 0.444 e. The van der Waals surface area contributed by atoms with Crippen LogP contribution in [0.5, 0.6) is 0 Å². The fourth-order valence-corrected chi connectivity index (χ4v) is 2.61. The Morgan fingerprint density at radius 3 is 2.74 bits per heavy atom. The molecule has 2 N–H and O–H groups in total. The lowest BCUT2D eigenvalue weighted by molar-refractivity contribution is -0.132. The van der Waals surface area contributed by atoms with Crippen LogP contribution in [0.1, 0.15) is 37.6 Å². The van der Waals surface area contributed by atoms with E-state index in [1.165, 1.54) is 0 Å². The molecule has 2 rings (SSSR count). The third-order valence-corrected chi connectivity index (χ3v) is 4.22. The third-order valence-electron chi connectivity index (χ3n) is 4.22. The first kappa shape index (κ1) is 14.1. The molecule has 1 atom stereocenters. The molecule has 1 fully saturated rings. The number of aromatic nitrogens is 1. The van der Waals surface area contributed by atoms with Crippen molar-refractivity contribution in [2.75, 3.05) is 13.1 Å². The van der Waals surface area contributed by atoms with Gasteiger partial charge in [0.15, 0.2) is 0 Å². The van der Waals surface area contributed by atoms with Gasteiger partial charge in [0.2, 0.25) is 11.8 Å². The zero-order chi connectivity index (χ0) is 14.0. The Morgan fingerprint density at radius 1 is 1.53 bits per heavy atom. The van der Waals surface area contributed by atoms with Gasteiger partial charge in [-0.05, 0) is 32.7 Å². The number of aryl methyl sites for hydroxylation is 2. The van der Waals surface area contributed by atoms with E-state index in [0.717, 1.165) is 31.0 Å². The molecule has 0 spiro atoms. The van der Waals surface area contributed by atoms with E-state index in [1.807, 2.05) is 13.8 Å². The van der Waals surface area contributed by atoms with Crippen LogP contribution < -0.4 is 10.6 Å². The highest BCUT2D eigenvalue weighted by Crippen LogP contribution is 2.34. The molecule has 19 heavy (non-hydrogen) atoms. The first-order valence-electron chi connectivity index (χ1n) is 6.87. The minimum absolute atomic E-state index is 0.0982. The van der Waals surface area contributed by atoms with Gasteiger partial charge >= 0.3 is 0 Å². The summed E-state index contributed by atoms with van der Waals surface area (Å²) in [5, 5.41) is 6.26. The quantitative estimate of drug-likeness (QED) is 0.866. The molecule has 0 saturated carbocycles. The van der Waals surface area contributed by atoms with E-state index in [2.05, 4.69) is 29.5 Å². The molecule has 5 nitrogen and oxygen atoms in total. The van der Waals surface area contributed by atoms with Crippen molar-refractivity contribution in [2.24, 2.45) is 11.3 Å². The second-order valence-corrected chi connectivity index (χ2v) is 5.67. The summed E-state index contributed by atoms with van der Waals surface area (Å²) < 4.78 is 5.48. The number of oxazole rings is 1. The number of rotatable bonds is 4. The van der Waals surface area contributed by atoms with Crippen LogP contribution in [0.4, 0.5) is 0 Å². The van der Waals surface area contributed by atoms with Gasteiger partial charge in [0, 0.05) is 6.54 Å². The van der Waals surface area contributed by atoms with Crippen molar-refractivity contribution in [3.8, 4) is 0 Å². The maximum absolute atomic E-state index is 12.5. The van der Waals surface area contributed by atoms with Crippen molar-refractivity contribution in [1.29, 1.82) is 0 Å². The molecule has 1 aromatic rings. The van der Waals surface area contributed by atoms with Gasteiger partial charge in [-0.15, -0.1) is 0 Å². The predicted molar refractivity (Wildman–Crippen MR) is 72.6 cm³/mol. The molecule has 0 aromatic carbocycles. The average Bonchev–Trinajstić information content (AvgIpc) is 2.95. The standard InChI is InChI=1S/C14H23N3O2/c1-9(2)14(5-6-15-8-14)13(18)16-7-12-17-10(3)11(4)19-12/h9,15H,5-8H2,1-4H3,(H,16,18). The van der Waals surface area contributed by atoms with Crippen LogP contribution >= 0.6 is 0 Å². The SMILES string of the molecule is Cc1nc(CNC(=O)C2(C(C)C)CCNC2)oc1C. The molecule has 1 aromatic heterocycles. The summed E-state index contributed by atoms with van der Waals surface area (Å²) in [6.45, 7) is 10.0. The summed E-state index contributed by atoms with van der Waals surface area (Å²) >= 11 is 0. The minimum atomic E-state index is -0.295. The smallest absolute Gasteiger partial charge is 0.228 e. The Hall–Kier alpha value is -1.36. The van der Waals surface area contributed by atoms with Crippen molar-refractivity contribution in [1.82, 2.24) is 15.6 Å². The first-order valence-corrected chi connectivity index (χ1v) is 6.87. The Morgan fingerprint density at radius 2 is 2.26 bits per heavy atom. The number of nitrogens with zero attached hydrogens (tertiary/aromatic N) is 1. The molecule has 2 heterocycles. The maximum Gasteiger partial charge on any atom is 0.228 e. The van der Waals surface area contributed by atoms with Crippen LogP contribution in [0.25, 0.3) is 0 Å². The summed E-state index contributed by atoms with van der Waals surface area (Å²) in [4.78, 5) is 16.7. The molecule has 1 unspecified atom stereocenters. The monoisotopic (exact) mass is 265 g/mol. The van der Waals surface area contributed by atoms with E-state index in [4.69, 9.17) is 4.42 Å². The Bertz CT molecular complexity index is 440. The molecular formula is C14H23N3O2. The van der Waals surface area contributed by atoms with Crippen molar-refractivity contribution in [2.45, 2.75) is 40.7 Å². The van der Waals surface area contributed by atoms with Gasteiger partial charge in [0.25, 0.3) is 0 Å². The normalized spacial score (nSPS) is 23.0.